The maximum atomic E-state index is 11.0. The third-order valence-electron chi connectivity index (χ3n) is 1.55. The topological polar surface area (TPSA) is 69.6 Å². The lowest BCUT2D eigenvalue weighted by Gasteiger charge is -2.03. The molecule has 0 bridgehead atoms. The quantitative estimate of drug-likeness (QED) is 0.380. The van der Waals surface area contributed by atoms with Gasteiger partial charge in [0.2, 0.25) is 0 Å². The standard InChI is InChI=1S/C8H9NO3S/c1-13-5-2-3-7(10)6(4-5)8(11)9-12/h2-4,10,12H,1H3,(H,9,11). The Morgan fingerprint density at radius 1 is 1.54 bits per heavy atom. The van der Waals surface area contributed by atoms with E-state index in [-0.39, 0.29) is 11.3 Å². The normalized spacial score (nSPS) is 9.69. The third kappa shape index (κ3) is 2.13. The number of carbonyl (C=O) groups is 1. The Labute approximate surface area is 79.5 Å². The van der Waals surface area contributed by atoms with Gasteiger partial charge in [0.1, 0.15) is 5.75 Å². The molecule has 0 saturated heterocycles. The number of amides is 1. The second-order valence-electron chi connectivity index (χ2n) is 2.32. The summed E-state index contributed by atoms with van der Waals surface area (Å²) in [5, 5.41) is 17.6. The molecule has 0 saturated carbocycles. The van der Waals surface area contributed by atoms with Gasteiger partial charge in [0, 0.05) is 4.90 Å². The molecule has 1 amide bonds. The highest BCUT2D eigenvalue weighted by Gasteiger charge is 2.10. The zero-order valence-electron chi connectivity index (χ0n) is 6.94. The van der Waals surface area contributed by atoms with Crippen LogP contribution in [0.1, 0.15) is 10.4 Å². The van der Waals surface area contributed by atoms with E-state index in [9.17, 15) is 9.90 Å². The molecule has 0 aromatic heterocycles. The maximum Gasteiger partial charge on any atom is 0.278 e. The Kier molecular flexibility index (Phi) is 3.16. The summed E-state index contributed by atoms with van der Waals surface area (Å²) >= 11 is 1.45. The highest BCUT2D eigenvalue weighted by atomic mass is 32.2. The van der Waals surface area contributed by atoms with Crippen LogP contribution in [-0.4, -0.2) is 22.5 Å². The number of phenols is 1. The van der Waals surface area contributed by atoms with Crippen molar-refractivity contribution in [3.05, 3.63) is 23.8 Å². The lowest BCUT2D eigenvalue weighted by Crippen LogP contribution is -2.18. The number of aromatic hydroxyl groups is 1. The van der Waals surface area contributed by atoms with Crippen LogP contribution in [0.15, 0.2) is 23.1 Å². The van der Waals surface area contributed by atoms with Crippen molar-refractivity contribution in [1.29, 1.82) is 0 Å². The molecule has 1 aromatic rings. The molecule has 0 unspecified atom stereocenters. The molecule has 0 spiro atoms. The van der Waals surface area contributed by atoms with E-state index in [1.54, 1.807) is 6.07 Å². The number of hydroxylamine groups is 1. The summed E-state index contributed by atoms with van der Waals surface area (Å²) in [6.45, 7) is 0. The van der Waals surface area contributed by atoms with Crippen molar-refractivity contribution in [3.63, 3.8) is 0 Å². The highest BCUT2D eigenvalue weighted by molar-refractivity contribution is 7.98. The van der Waals surface area contributed by atoms with Gasteiger partial charge >= 0.3 is 0 Å². The van der Waals surface area contributed by atoms with Crippen molar-refractivity contribution in [2.75, 3.05) is 6.26 Å². The molecule has 0 radical (unpaired) electrons. The number of carbonyl (C=O) groups excluding carboxylic acids is 1. The van der Waals surface area contributed by atoms with Crippen molar-refractivity contribution >= 4 is 17.7 Å². The van der Waals surface area contributed by atoms with E-state index >= 15 is 0 Å². The predicted molar refractivity (Wildman–Crippen MR) is 49.1 cm³/mol. The summed E-state index contributed by atoms with van der Waals surface area (Å²) < 4.78 is 0. The molecule has 70 valence electrons. The van der Waals surface area contributed by atoms with Gasteiger partial charge in [0.25, 0.3) is 5.91 Å². The average Bonchev–Trinajstić information content (AvgIpc) is 2.17. The van der Waals surface area contributed by atoms with Crippen molar-refractivity contribution in [2.45, 2.75) is 4.90 Å². The largest absolute Gasteiger partial charge is 0.507 e. The minimum atomic E-state index is -0.714. The molecule has 0 heterocycles. The summed E-state index contributed by atoms with van der Waals surface area (Å²) in [5.41, 5.74) is 1.53. The number of hydrogen-bond acceptors (Lipinski definition) is 4. The van der Waals surface area contributed by atoms with E-state index < -0.39 is 5.91 Å². The van der Waals surface area contributed by atoms with Crippen LogP contribution in [-0.2, 0) is 0 Å². The number of thioether (sulfide) groups is 1. The van der Waals surface area contributed by atoms with Gasteiger partial charge in [0.15, 0.2) is 0 Å². The van der Waals surface area contributed by atoms with E-state index in [0.29, 0.717) is 0 Å². The van der Waals surface area contributed by atoms with Gasteiger partial charge in [-0.05, 0) is 24.5 Å². The van der Waals surface area contributed by atoms with Crippen molar-refractivity contribution in [3.8, 4) is 5.75 Å². The Balaban J connectivity index is 3.11. The first kappa shape index (κ1) is 9.88. The SMILES string of the molecule is CSc1ccc(O)c(C(=O)NO)c1. The second-order valence-corrected chi connectivity index (χ2v) is 3.20. The summed E-state index contributed by atoms with van der Waals surface area (Å²) in [5.74, 6) is -0.863. The number of phenolic OH excluding ortho intramolecular Hbond substituents is 1. The fourth-order valence-corrected chi connectivity index (χ4v) is 1.32. The van der Waals surface area contributed by atoms with Crippen molar-refractivity contribution < 1.29 is 15.1 Å². The molecular weight excluding hydrogens is 190 g/mol. The molecule has 1 rings (SSSR count). The van der Waals surface area contributed by atoms with Crippen LogP contribution >= 0.6 is 11.8 Å². The molecule has 3 N–H and O–H groups in total. The van der Waals surface area contributed by atoms with Crippen LogP contribution in [0.3, 0.4) is 0 Å². The van der Waals surface area contributed by atoms with Gasteiger partial charge in [-0.1, -0.05) is 0 Å². The van der Waals surface area contributed by atoms with E-state index in [1.165, 1.54) is 29.4 Å². The fraction of sp³-hybridized carbons (Fsp3) is 0.125. The molecule has 0 aliphatic rings. The molecule has 5 heteroatoms. The smallest absolute Gasteiger partial charge is 0.278 e. The molecule has 0 fully saturated rings. The average molecular weight is 199 g/mol. The zero-order chi connectivity index (χ0) is 9.84. The number of hydrogen-bond donors (Lipinski definition) is 3. The molecule has 4 nitrogen and oxygen atoms in total. The van der Waals surface area contributed by atoms with Crippen LogP contribution in [0.25, 0.3) is 0 Å². The minimum absolute atomic E-state index is 0.0642. The Bertz CT molecular complexity index is 327. The lowest BCUT2D eigenvalue weighted by molar-refractivity contribution is 0.0703. The monoisotopic (exact) mass is 199 g/mol. The highest BCUT2D eigenvalue weighted by Crippen LogP contribution is 2.23. The van der Waals surface area contributed by atoms with Crippen LogP contribution in [0.5, 0.6) is 5.75 Å². The van der Waals surface area contributed by atoms with E-state index in [2.05, 4.69) is 0 Å². The van der Waals surface area contributed by atoms with Crippen LogP contribution in [0.2, 0.25) is 0 Å². The molecule has 1 aromatic carbocycles. The van der Waals surface area contributed by atoms with E-state index in [4.69, 9.17) is 5.21 Å². The van der Waals surface area contributed by atoms with Gasteiger partial charge < -0.3 is 5.11 Å². The van der Waals surface area contributed by atoms with E-state index in [0.717, 1.165) is 4.90 Å². The molecule has 0 aliphatic carbocycles. The fourth-order valence-electron chi connectivity index (χ4n) is 0.884. The summed E-state index contributed by atoms with van der Waals surface area (Å²) in [6.07, 6.45) is 1.85. The first-order valence-electron chi connectivity index (χ1n) is 3.50. The van der Waals surface area contributed by atoms with Crippen LogP contribution < -0.4 is 5.48 Å². The van der Waals surface area contributed by atoms with Crippen LogP contribution in [0.4, 0.5) is 0 Å². The molecular formula is C8H9NO3S. The first-order valence-corrected chi connectivity index (χ1v) is 4.73. The summed E-state index contributed by atoms with van der Waals surface area (Å²) in [7, 11) is 0. The molecule has 0 aliphatic heterocycles. The number of rotatable bonds is 2. The summed E-state index contributed by atoms with van der Waals surface area (Å²) in [4.78, 5) is 11.8. The van der Waals surface area contributed by atoms with Crippen LogP contribution in [0, 0.1) is 0 Å². The third-order valence-corrected chi connectivity index (χ3v) is 2.28. The van der Waals surface area contributed by atoms with Crippen molar-refractivity contribution in [2.24, 2.45) is 0 Å². The molecule has 0 atom stereocenters. The predicted octanol–water partition coefficient (Wildman–Crippen LogP) is 1.23. The van der Waals surface area contributed by atoms with Gasteiger partial charge in [-0.2, -0.15) is 0 Å². The van der Waals surface area contributed by atoms with Gasteiger partial charge in [-0.3, -0.25) is 10.0 Å². The van der Waals surface area contributed by atoms with Crippen molar-refractivity contribution in [1.82, 2.24) is 5.48 Å². The zero-order valence-corrected chi connectivity index (χ0v) is 7.76. The number of benzene rings is 1. The Hall–Kier alpha value is -1.20. The second kappa shape index (κ2) is 4.15. The van der Waals surface area contributed by atoms with Gasteiger partial charge in [-0.15, -0.1) is 11.8 Å². The van der Waals surface area contributed by atoms with Gasteiger partial charge in [0.05, 0.1) is 5.56 Å². The van der Waals surface area contributed by atoms with Gasteiger partial charge in [-0.25, -0.2) is 5.48 Å². The lowest BCUT2D eigenvalue weighted by atomic mass is 10.2. The first-order chi connectivity index (χ1) is 6.19. The maximum absolute atomic E-state index is 11.0. The Morgan fingerprint density at radius 3 is 2.77 bits per heavy atom. The number of nitrogens with one attached hydrogen (secondary N) is 1. The minimum Gasteiger partial charge on any atom is -0.507 e. The van der Waals surface area contributed by atoms with E-state index in [1.807, 2.05) is 6.26 Å². The Morgan fingerprint density at radius 2 is 2.23 bits per heavy atom. The summed E-state index contributed by atoms with van der Waals surface area (Å²) in [6, 6.07) is 4.61. The molecule has 13 heavy (non-hydrogen) atoms.